The third kappa shape index (κ3) is 2.62. The standard InChI is InChI=1S/C15H22N2O4/c1-4-15(13(18)19)7-5-8-17(15)14(20)16(3)10-12-6-9-21-11(12)2/h6,9H,4-5,7-8,10H2,1-3H3,(H,18,19). The number of hydrogen-bond acceptors (Lipinski definition) is 3. The van der Waals surface area contributed by atoms with Crippen molar-refractivity contribution in [1.82, 2.24) is 9.80 Å². The number of furan rings is 1. The molecule has 1 fully saturated rings. The zero-order chi connectivity index (χ0) is 15.6. The quantitative estimate of drug-likeness (QED) is 0.925. The molecule has 116 valence electrons. The lowest BCUT2D eigenvalue weighted by atomic mass is 9.93. The SMILES string of the molecule is CCC1(C(=O)O)CCCN1C(=O)N(C)Cc1ccoc1C. The summed E-state index contributed by atoms with van der Waals surface area (Å²) >= 11 is 0. The van der Waals surface area contributed by atoms with Crippen LogP contribution in [-0.2, 0) is 11.3 Å². The molecule has 2 heterocycles. The van der Waals surface area contributed by atoms with Gasteiger partial charge in [0.25, 0.3) is 0 Å². The number of urea groups is 1. The minimum atomic E-state index is -1.06. The predicted octanol–water partition coefficient (Wildman–Crippen LogP) is 2.47. The van der Waals surface area contributed by atoms with Crippen LogP contribution < -0.4 is 0 Å². The maximum absolute atomic E-state index is 12.6. The van der Waals surface area contributed by atoms with Crippen molar-refractivity contribution >= 4 is 12.0 Å². The monoisotopic (exact) mass is 294 g/mol. The lowest BCUT2D eigenvalue weighted by Gasteiger charge is -2.36. The van der Waals surface area contributed by atoms with Gasteiger partial charge in [-0.1, -0.05) is 6.92 Å². The van der Waals surface area contributed by atoms with E-state index in [2.05, 4.69) is 0 Å². The molecule has 2 amide bonds. The molecule has 0 aromatic carbocycles. The fourth-order valence-electron chi connectivity index (χ4n) is 3.00. The molecule has 1 unspecified atom stereocenters. The summed E-state index contributed by atoms with van der Waals surface area (Å²) in [5.41, 5.74) is -0.126. The van der Waals surface area contributed by atoms with Gasteiger partial charge in [0.2, 0.25) is 0 Å². The summed E-state index contributed by atoms with van der Waals surface area (Å²) in [5, 5.41) is 9.54. The Labute approximate surface area is 124 Å². The van der Waals surface area contributed by atoms with Crippen LogP contribution in [0.25, 0.3) is 0 Å². The van der Waals surface area contributed by atoms with E-state index >= 15 is 0 Å². The minimum absolute atomic E-state index is 0.239. The maximum Gasteiger partial charge on any atom is 0.329 e. The minimum Gasteiger partial charge on any atom is -0.479 e. The van der Waals surface area contributed by atoms with Crippen molar-refractivity contribution in [3.05, 3.63) is 23.7 Å². The van der Waals surface area contributed by atoms with Crippen molar-refractivity contribution in [2.24, 2.45) is 0 Å². The fourth-order valence-corrected chi connectivity index (χ4v) is 3.00. The number of rotatable bonds is 4. The lowest BCUT2D eigenvalue weighted by Crippen LogP contribution is -2.55. The Balaban J connectivity index is 2.15. The van der Waals surface area contributed by atoms with Crippen LogP contribution in [0.4, 0.5) is 4.79 Å². The Morgan fingerprint density at radius 1 is 1.52 bits per heavy atom. The molecule has 1 aromatic heterocycles. The lowest BCUT2D eigenvalue weighted by molar-refractivity contribution is -0.148. The third-order valence-electron chi connectivity index (χ3n) is 4.40. The number of carboxylic acids is 1. The summed E-state index contributed by atoms with van der Waals surface area (Å²) in [6.45, 7) is 4.57. The molecule has 2 rings (SSSR count). The molecule has 1 aliphatic heterocycles. The largest absolute Gasteiger partial charge is 0.479 e. The van der Waals surface area contributed by atoms with Crippen LogP contribution in [0, 0.1) is 6.92 Å². The molecular weight excluding hydrogens is 272 g/mol. The normalized spacial score (nSPS) is 21.6. The van der Waals surface area contributed by atoms with E-state index in [4.69, 9.17) is 4.42 Å². The van der Waals surface area contributed by atoms with E-state index in [1.54, 1.807) is 18.2 Å². The van der Waals surface area contributed by atoms with Crippen LogP contribution in [0.5, 0.6) is 0 Å². The molecule has 0 aliphatic carbocycles. The zero-order valence-electron chi connectivity index (χ0n) is 12.8. The second kappa shape index (κ2) is 5.79. The van der Waals surface area contributed by atoms with Gasteiger partial charge in [0, 0.05) is 19.2 Å². The summed E-state index contributed by atoms with van der Waals surface area (Å²) in [7, 11) is 1.69. The average molecular weight is 294 g/mol. The van der Waals surface area contributed by atoms with Crippen molar-refractivity contribution in [3.8, 4) is 0 Å². The molecule has 1 atom stereocenters. The number of amides is 2. The summed E-state index contributed by atoms with van der Waals surface area (Å²) in [6, 6.07) is 1.59. The van der Waals surface area contributed by atoms with E-state index in [1.165, 1.54) is 4.90 Å². The highest BCUT2D eigenvalue weighted by atomic mass is 16.4. The van der Waals surface area contributed by atoms with Gasteiger partial charge in [-0.3, -0.25) is 0 Å². The van der Waals surface area contributed by atoms with Gasteiger partial charge in [-0.05, 0) is 32.3 Å². The molecular formula is C15H22N2O4. The summed E-state index contributed by atoms with van der Waals surface area (Å²) in [6.07, 6.45) is 3.26. The fraction of sp³-hybridized carbons (Fsp3) is 0.600. The number of carboxylic acid groups (broad SMARTS) is 1. The van der Waals surface area contributed by atoms with Crippen LogP contribution in [0.1, 0.15) is 37.5 Å². The first-order chi connectivity index (χ1) is 9.92. The number of likely N-dealkylation sites (tertiary alicyclic amines) is 1. The van der Waals surface area contributed by atoms with E-state index in [-0.39, 0.29) is 6.03 Å². The van der Waals surface area contributed by atoms with Gasteiger partial charge in [0.05, 0.1) is 12.8 Å². The molecule has 1 N–H and O–H groups in total. The van der Waals surface area contributed by atoms with Gasteiger partial charge < -0.3 is 19.3 Å². The smallest absolute Gasteiger partial charge is 0.329 e. The molecule has 0 spiro atoms. The van der Waals surface area contributed by atoms with Crippen molar-refractivity contribution in [2.75, 3.05) is 13.6 Å². The topological polar surface area (TPSA) is 74.0 Å². The highest BCUT2D eigenvalue weighted by Crippen LogP contribution is 2.33. The van der Waals surface area contributed by atoms with Gasteiger partial charge >= 0.3 is 12.0 Å². The van der Waals surface area contributed by atoms with E-state index in [9.17, 15) is 14.7 Å². The average Bonchev–Trinajstić information content (AvgIpc) is 3.05. The van der Waals surface area contributed by atoms with Gasteiger partial charge in [-0.15, -0.1) is 0 Å². The second-order valence-corrected chi connectivity index (χ2v) is 5.59. The van der Waals surface area contributed by atoms with Crippen LogP contribution in [0.2, 0.25) is 0 Å². The van der Waals surface area contributed by atoms with Gasteiger partial charge in [-0.25, -0.2) is 9.59 Å². The van der Waals surface area contributed by atoms with Gasteiger partial charge in [0.1, 0.15) is 11.3 Å². The molecule has 1 aliphatic rings. The third-order valence-corrected chi connectivity index (χ3v) is 4.40. The summed E-state index contributed by atoms with van der Waals surface area (Å²) in [4.78, 5) is 27.3. The first-order valence-electron chi connectivity index (χ1n) is 7.21. The van der Waals surface area contributed by atoms with Gasteiger partial charge in [-0.2, -0.15) is 0 Å². The van der Waals surface area contributed by atoms with Gasteiger partial charge in [0.15, 0.2) is 0 Å². The Bertz CT molecular complexity index is 540. The Kier molecular flexibility index (Phi) is 4.25. The van der Waals surface area contributed by atoms with E-state index < -0.39 is 11.5 Å². The number of carbonyl (C=O) groups excluding carboxylic acids is 1. The highest BCUT2D eigenvalue weighted by molar-refractivity contribution is 5.87. The molecule has 1 saturated heterocycles. The number of carbonyl (C=O) groups is 2. The van der Waals surface area contributed by atoms with Crippen LogP contribution >= 0.6 is 0 Å². The van der Waals surface area contributed by atoms with Crippen molar-refractivity contribution in [2.45, 2.75) is 45.2 Å². The van der Waals surface area contributed by atoms with Crippen LogP contribution in [-0.4, -0.2) is 46.0 Å². The highest BCUT2D eigenvalue weighted by Gasteiger charge is 2.49. The van der Waals surface area contributed by atoms with Crippen molar-refractivity contribution in [1.29, 1.82) is 0 Å². The Hall–Kier alpha value is -1.98. The molecule has 21 heavy (non-hydrogen) atoms. The van der Waals surface area contributed by atoms with Crippen LogP contribution in [0.3, 0.4) is 0 Å². The summed E-state index contributed by atoms with van der Waals surface area (Å²) in [5.74, 6) is -0.139. The second-order valence-electron chi connectivity index (χ2n) is 5.59. The predicted molar refractivity (Wildman–Crippen MR) is 76.9 cm³/mol. The molecule has 0 bridgehead atoms. The number of aryl methyl sites for hydroxylation is 1. The van der Waals surface area contributed by atoms with Crippen molar-refractivity contribution in [3.63, 3.8) is 0 Å². The number of aliphatic carboxylic acids is 1. The van der Waals surface area contributed by atoms with Crippen LogP contribution in [0.15, 0.2) is 16.7 Å². The Morgan fingerprint density at radius 3 is 2.76 bits per heavy atom. The molecule has 0 radical (unpaired) electrons. The first-order valence-corrected chi connectivity index (χ1v) is 7.21. The first kappa shape index (κ1) is 15.4. The van der Waals surface area contributed by atoms with E-state index in [1.807, 2.05) is 19.9 Å². The zero-order valence-corrected chi connectivity index (χ0v) is 12.8. The maximum atomic E-state index is 12.6. The molecule has 6 heteroatoms. The van der Waals surface area contributed by atoms with E-state index in [0.29, 0.717) is 25.9 Å². The molecule has 0 saturated carbocycles. The molecule has 1 aromatic rings. The number of nitrogens with zero attached hydrogens (tertiary/aromatic N) is 2. The Morgan fingerprint density at radius 2 is 2.24 bits per heavy atom. The molecule has 6 nitrogen and oxygen atoms in total. The van der Waals surface area contributed by atoms with E-state index in [0.717, 1.165) is 17.7 Å². The summed E-state index contributed by atoms with van der Waals surface area (Å²) < 4.78 is 5.23. The number of hydrogen-bond donors (Lipinski definition) is 1. The van der Waals surface area contributed by atoms with Crippen molar-refractivity contribution < 1.29 is 19.1 Å².